The Balaban J connectivity index is 1.37. The molecule has 0 aliphatic heterocycles. The maximum atomic E-state index is 12.5. The van der Waals surface area contributed by atoms with Crippen molar-refractivity contribution in [2.45, 2.75) is 29.7 Å². The van der Waals surface area contributed by atoms with Crippen LogP contribution in [0.25, 0.3) is 0 Å². The van der Waals surface area contributed by atoms with Gasteiger partial charge in [-0.15, -0.1) is 0 Å². The quantitative estimate of drug-likeness (QED) is 0.597. The summed E-state index contributed by atoms with van der Waals surface area (Å²) in [4.78, 5) is 12.6. The minimum absolute atomic E-state index is 0.0238. The van der Waals surface area contributed by atoms with Crippen LogP contribution in [0.4, 0.5) is 0 Å². The lowest BCUT2D eigenvalue weighted by Crippen LogP contribution is -2.32. The zero-order chi connectivity index (χ0) is 20.3. The van der Waals surface area contributed by atoms with Crippen molar-refractivity contribution in [2.24, 2.45) is 0 Å². The molecule has 3 aromatic rings. The molecule has 0 saturated heterocycles. The van der Waals surface area contributed by atoms with Crippen LogP contribution in [0.3, 0.4) is 0 Å². The Bertz CT molecular complexity index is 1070. The van der Waals surface area contributed by atoms with Gasteiger partial charge in [-0.3, -0.25) is 4.79 Å². The molecule has 1 saturated carbocycles. The number of furan rings is 1. The van der Waals surface area contributed by atoms with Crippen molar-refractivity contribution < 1.29 is 17.6 Å². The molecular weight excluding hydrogens is 388 g/mol. The Kier molecular flexibility index (Phi) is 5.25. The second-order valence-corrected chi connectivity index (χ2v) is 9.02. The molecule has 150 valence electrons. The van der Waals surface area contributed by atoms with Crippen molar-refractivity contribution >= 4 is 15.9 Å². The molecule has 4 rings (SSSR count). The molecule has 1 fully saturated rings. The van der Waals surface area contributed by atoms with Crippen LogP contribution in [-0.2, 0) is 22.0 Å². The number of hydrogen-bond acceptors (Lipinski definition) is 4. The van der Waals surface area contributed by atoms with E-state index in [4.69, 9.17) is 4.42 Å². The maximum absolute atomic E-state index is 12.5. The lowest BCUT2D eigenvalue weighted by molar-refractivity contribution is 0.0949. The van der Waals surface area contributed by atoms with Gasteiger partial charge in [0.1, 0.15) is 5.76 Å². The van der Waals surface area contributed by atoms with E-state index in [2.05, 4.69) is 22.2 Å². The lowest BCUT2D eigenvalue weighted by atomic mass is 9.96. The summed E-state index contributed by atoms with van der Waals surface area (Å²) in [7, 11) is -3.68. The van der Waals surface area contributed by atoms with Gasteiger partial charge in [-0.25, -0.2) is 13.1 Å². The molecule has 0 atom stereocenters. The van der Waals surface area contributed by atoms with Gasteiger partial charge in [0.05, 0.1) is 17.7 Å². The van der Waals surface area contributed by atoms with Gasteiger partial charge in [-0.1, -0.05) is 30.3 Å². The van der Waals surface area contributed by atoms with Crippen molar-refractivity contribution in [2.75, 3.05) is 6.54 Å². The molecule has 0 radical (unpaired) electrons. The van der Waals surface area contributed by atoms with Gasteiger partial charge in [-0.05, 0) is 54.8 Å². The molecular formula is C22H22N2O4S. The molecule has 6 nitrogen and oxygen atoms in total. The van der Waals surface area contributed by atoms with Crippen molar-refractivity contribution in [3.63, 3.8) is 0 Å². The number of hydrogen-bond donors (Lipinski definition) is 2. The Hall–Kier alpha value is -2.90. The van der Waals surface area contributed by atoms with Crippen LogP contribution < -0.4 is 10.0 Å². The Morgan fingerprint density at radius 1 is 0.966 bits per heavy atom. The number of carbonyl (C=O) groups excluding carboxylic acids is 1. The summed E-state index contributed by atoms with van der Waals surface area (Å²) < 4.78 is 32.4. The molecule has 2 aromatic carbocycles. The van der Waals surface area contributed by atoms with E-state index >= 15 is 0 Å². The molecule has 1 amide bonds. The third-order valence-electron chi connectivity index (χ3n) is 5.27. The first-order chi connectivity index (χ1) is 14.0. The molecule has 1 aromatic heterocycles. The lowest BCUT2D eigenvalue weighted by Gasteiger charge is -2.16. The van der Waals surface area contributed by atoms with E-state index < -0.39 is 10.0 Å². The topological polar surface area (TPSA) is 88.4 Å². The van der Waals surface area contributed by atoms with Gasteiger partial charge in [0, 0.05) is 17.5 Å². The summed E-state index contributed by atoms with van der Waals surface area (Å²) in [6.45, 7) is 0.639. The fourth-order valence-electron chi connectivity index (χ4n) is 3.31. The van der Waals surface area contributed by atoms with Crippen LogP contribution >= 0.6 is 0 Å². The first-order valence-electron chi connectivity index (χ1n) is 9.44. The molecule has 0 unspecified atom stereocenters. The molecule has 1 aliphatic carbocycles. The van der Waals surface area contributed by atoms with E-state index in [1.165, 1.54) is 36.1 Å². The predicted molar refractivity (Wildman–Crippen MR) is 109 cm³/mol. The highest BCUT2D eigenvalue weighted by Gasteiger charge is 2.44. The van der Waals surface area contributed by atoms with Crippen LogP contribution in [0, 0.1) is 0 Å². The number of benzene rings is 2. The third kappa shape index (κ3) is 4.41. The monoisotopic (exact) mass is 410 g/mol. The normalized spacial score (nSPS) is 15.0. The molecule has 0 spiro atoms. The maximum Gasteiger partial charge on any atom is 0.251 e. The van der Waals surface area contributed by atoms with Crippen LogP contribution in [0.1, 0.15) is 34.5 Å². The van der Waals surface area contributed by atoms with Crippen molar-refractivity contribution in [3.05, 3.63) is 89.9 Å². The summed E-state index contributed by atoms with van der Waals surface area (Å²) in [6.07, 6.45) is 3.59. The van der Waals surface area contributed by atoms with Crippen molar-refractivity contribution in [1.82, 2.24) is 10.0 Å². The second-order valence-electron chi connectivity index (χ2n) is 7.26. The fraction of sp³-hybridized carbons (Fsp3) is 0.227. The van der Waals surface area contributed by atoms with E-state index in [0.29, 0.717) is 17.9 Å². The minimum Gasteiger partial charge on any atom is -0.468 e. The summed E-state index contributed by atoms with van der Waals surface area (Å²) in [6, 6.07) is 19.5. The predicted octanol–water partition coefficient (Wildman–Crippen LogP) is 3.22. The fourth-order valence-corrected chi connectivity index (χ4v) is 4.30. The average molecular weight is 410 g/mol. The molecule has 0 bridgehead atoms. The number of rotatable bonds is 8. The smallest absolute Gasteiger partial charge is 0.251 e. The highest BCUT2D eigenvalue weighted by Crippen LogP contribution is 2.47. The van der Waals surface area contributed by atoms with E-state index in [0.717, 1.165) is 12.8 Å². The third-order valence-corrected chi connectivity index (χ3v) is 6.69. The highest BCUT2D eigenvalue weighted by atomic mass is 32.2. The van der Waals surface area contributed by atoms with Crippen molar-refractivity contribution in [3.8, 4) is 0 Å². The molecule has 7 heteroatoms. The first-order valence-corrected chi connectivity index (χ1v) is 10.9. The first kappa shape index (κ1) is 19.4. The van der Waals surface area contributed by atoms with E-state index in [-0.39, 0.29) is 22.8 Å². The van der Waals surface area contributed by atoms with E-state index in [1.807, 2.05) is 18.2 Å². The SMILES string of the molecule is O=C(NCC1(c2ccccc2)CC1)c1ccc(S(=O)(=O)NCc2ccco2)cc1. The second kappa shape index (κ2) is 7.85. The van der Waals surface area contributed by atoms with Gasteiger partial charge < -0.3 is 9.73 Å². The van der Waals surface area contributed by atoms with Crippen LogP contribution in [-0.4, -0.2) is 20.9 Å². The number of sulfonamides is 1. The van der Waals surface area contributed by atoms with E-state index in [9.17, 15) is 13.2 Å². The Morgan fingerprint density at radius 2 is 1.69 bits per heavy atom. The summed E-state index contributed by atoms with van der Waals surface area (Å²) in [5.41, 5.74) is 1.69. The number of nitrogens with one attached hydrogen (secondary N) is 2. The summed E-state index contributed by atoms with van der Waals surface area (Å²) >= 11 is 0. The summed E-state index contributed by atoms with van der Waals surface area (Å²) in [5, 5.41) is 2.99. The van der Waals surface area contributed by atoms with Gasteiger partial charge in [0.25, 0.3) is 5.91 Å². The number of amides is 1. The molecule has 2 N–H and O–H groups in total. The summed E-state index contributed by atoms with van der Waals surface area (Å²) in [5.74, 6) is 0.316. The largest absolute Gasteiger partial charge is 0.468 e. The molecule has 29 heavy (non-hydrogen) atoms. The van der Waals surface area contributed by atoms with Gasteiger partial charge in [0.15, 0.2) is 0 Å². The standard InChI is InChI=1S/C22H22N2O4S/c25-21(23-16-22(12-13-22)18-5-2-1-3-6-18)17-8-10-20(11-9-17)29(26,27)24-15-19-7-4-14-28-19/h1-11,14,24H,12-13,15-16H2,(H,23,25). The molecule has 1 heterocycles. The molecule has 1 aliphatic rings. The van der Waals surface area contributed by atoms with Gasteiger partial charge >= 0.3 is 0 Å². The van der Waals surface area contributed by atoms with Crippen LogP contribution in [0.2, 0.25) is 0 Å². The highest BCUT2D eigenvalue weighted by molar-refractivity contribution is 7.89. The van der Waals surface area contributed by atoms with Crippen LogP contribution in [0.5, 0.6) is 0 Å². The zero-order valence-electron chi connectivity index (χ0n) is 15.8. The van der Waals surface area contributed by atoms with Crippen LogP contribution in [0.15, 0.2) is 82.3 Å². The van der Waals surface area contributed by atoms with E-state index in [1.54, 1.807) is 12.1 Å². The zero-order valence-corrected chi connectivity index (χ0v) is 16.6. The van der Waals surface area contributed by atoms with Crippen molar-refractivity contribution in [1.29, 1.82) is 0 Å². The minimum atomic E-state index is -3.68. The Morgan fingerprint density at radius 3 is 2.31 bits per heavy atom. The average Bonchev–Trinajstić information content (AvgIpc) is 3.36. The Labute approximate surface area is 170 Å². The van der Waals surface area contributed by atoms with Gasteiger partial charge in [-0.2, -0.15) is 0 Å². The van der Waals surface area contributed by atoms with Gasteiger partial charge in [0.2, 0.25) is 10.0 Å². The number of carbonyl (C=O) groups is 1.